The quantitative estimate of drug-likeness (QED) is 0.590. The van der Waals surface area contributed by atoms with Crippen LogP contribution in [-0.4, -0.2) is 24.8 Å². The number of aromatic nitrogens is 3. The number of aryl methyl sites for hydroxylation is 1. The summed E-state index contributed by atoms with van der Waals surface area (Å²) in [4.78, 5) is 29.1. The van der Waals surface area contributed by atoms with Crippen LogP contribution in [0.3, 0.4) is 0 Å². The molecule has 0 atom stereocenters. The van der Waals surface area contributed by atoms with Crippen molar-refractivity contribution in [2.24, 2.45) is 0 Å². The molecule has 7 heteroatoms. The van der Waals surface area contributed by atoms with Crippen molar-refractivity contribution < 1.29 is 14.3 Å². The Kier molecular flexibility index (Phi) is 4.19. The van der Waals surface area contributed by atoms with E-state index in [-0.39, 0.29) is 36.5 Å². The number of Topliss-reactive ketones (excluding diaryl/α,β-unsaturated/α-hetero) is 1. The van der Waals surface area contributed by atoms with Gasteiger partial charge in [-0.05, 0) is 42.5 Å². The molecule has 3 aromatic heterocycles. The van der Waals surface area contributed by atoms with Crippen molar-refractivity contribution in [2.75, 3.05) is 0 Å². The lowest BCUT2D eigenvalue weighted by Crippen LogP contribution is -2.24. The molecule has 4 rings (SSSR count). The Labute approximate surface area is 153 Å². The number of pyridine rings is 1. The van der Waals surface area contributed by atoms with Crippen molar-refractivity contribution in [3.8, 4) is 5.75 Å². The van der Waals surface area contributed by atoms with E-state index in [9.17, 15) is 19.1 Å². The molecule has 0 saturated carbocycles. The van der Waals surface area contributed by atoms with Gasteiger partial charge >= 0.3 is 0 Å². The first-order valence-electron chi connectivity index (χ1n) is 8.47. The molecular formula is C20H16FN3O3. The first-order valence-corrected chi connectivity index (χ1v) is 8.47. The Morgan fingerprint density at radius 1 is 1.11 bits per heavy atom. The van der Waals surface area contributed by atoms with Gasteiger partial charge in [0.05, 0.1) is 17.2 Å². The molecule has 0 radical (unpaired) electrons. The second-order valence-corrected chi connectivity index (χ2v) is 6.33. The zero-order valence-electron chi connectivity index (χ0n) is 14.3. The summed E-state index contributed by atoms with van der Waals surface area (Å²) >= 11 is 0. The van der Waals surface area contributed by atoms with Crippen molar-refractivity contribution in [3.63, 3.8) is 0 Å². The average molecular weight is 365 g/mol. The third kappa shape index (κ3) is 3.19. The van der Waals surface area contributed by atoms with E-state index < -0.39 is 5.82 Å². The van der Waals surface area contributed by atoms with Crippen molar-refractivity contribution >= 4 is 22.3 Å². The second kappa shape index (κ2) is 6.68. The maximum absolute atomic E-state index is 13.8. The van der Waals surface area contributed by atoms with Crippen LogP contribution in [0.15, 0.2) is 59.7 Å². The minimum Gasteiger partial charge on any atom is -0.506 e. The minimum atomic E-state index is -0.443. The van der Waals surface area contributed by atoms with E-state index in [2.05, 4.69) is 4.98 Å². The molecule has 3 heterocycles. The Bertz CT molecular complexity index is 1210. The molecule has 0 aliphatic rings. The van der Waals surface area contributed by atoms with Gasteiger partial charge < -0.3 is 14.1 Å². The van der Waals surface area contributed by atoms with Crippen LogP contribution >= 0.6 is 0 Å². The maximum atomic E-state index is 13.8. The molecule has 0 aliphatic heterocycles. The Hall–Kier alpha value is -3.48. The molecule has 6 nitrogen and oxygen atoms in total. The SMILES string of the molecule is O=C(CCn1c(=O)c2cccn2c2ccc(F)cc21)Cc1ccc(O)cn1. The Morgan fingerprint density at radius 3 is 2.74 bits per heavy atom. The molecule has 0 bridgehead atoms. The van der Waals surface area contributed by atoms with Crippen molar-refractivity contribution in [1.82, 2.24) is 14.0 Å². The molecule has 0 unspecified atom stereocenters. The second-order valence-electron chi connectivity index (χ2n) is 6.33. The summed E-state index contributed by atoms with van der Waals surface area (Å²) in [5.74, 6) is -0.506. The van der Waals surface area contributed by atoms with Crippen LogP contribution in [0.4, 0.5) is 4.39 Å². The Balaban J connectivity index is 1.65. The van der Waals surface area contributed by atoms with E-state index in [4.69, 9.17) is 0 Å². The van der Waals surface area contributed by atoms with E-state index in [1.807, 2.05) is 0 Å². The zero-order valence-corrected chi connectivity index (χ0v) is 14.3. The number of benzene rings is 1. The number of ketones is 1. The van der Waals surface area contributed by atoms with E-state index in [1.54, 1.807) is 34.9 Å². The highest BCUT2D eigenvalue weighted by molar-refractivity contribution is 5.82. The maximum Gasteiger partial charge on any atom is 0.275 e. The highest BCUT2D eigenvalue weighted by Gasteiger charge is 2.13. The lowest BCUT2D eigenvalue weighted by atomic mass is 10.1. The van der Waals surface area contributed by atoms with Crippen LogP contribution in [0.5, 0.6) is 5.75 Å². The highest BCUT2D eigenvalue weighted by atomic mass is 19.1. The van der Waals surface area contributed by atoms with E-state index in [1.165, 1.54) is 29.0 Å². The van der Waals surface area contributed by atoms with Crippen LogP contribution in [0, 0.1) is 5.82 Å². The number of fused-ring (bicyclic) bond motifs is 3. The van der Waals surface area contributed by atoms with Crippen LogP contribution in [-0.2, 0) is 17.8 Å². The molecule has 0 fully saturated rings. The topological polar surface area (TPSA) is 76.6 Å². The van der Waals surface area contributed by atoms with Gasteiger partial charge in [0.15, 0.2) is 0 Å². The number of hydrogen-bond donors (Lipinski definition) is 1. The van der Waals surface area contributed by atoms with Gasteiger partial charge in [0.25, 0.3) is 5.56 Å². The number of nitrogens with zero attached hydrogens (tertiary/aromatic N) is 3. The average Bonchev–Trinajstić information content (AvgIpc) is 3.13. The predicted molar refractivity (Wildman–Crippen MR) is 98.4 cm³/mol. The van der Waals surface area contributed by atoms with Gasteiger partial charge in [-0.1, -0.05) is 0 Å². The summed E-state index contributed by atoms with van der Waals surface area (Å²) in [5, 5.41) is 9.25. The summed E-state index contributed by atoms with van der Waals surface area (Å²) in [6, 6.07) is 10.8. The van der Waals surface area contributed by atoms with Gasteiger partial charge in [-0.25, -0.2) is 4.39 Å². The number of hydrogen-bond acceptors (Lipinski definition) is 4. The predicted octanol–water partition coefficient (Wildman–Crippen LogP) is 2.70. The third-order valence-corrected chi connectivity index (χ3v) is 4.50. The van der Waals surface area contributed by atoms with Crippen LogP contribution < -0.4 is 5.56 Å². The van der Waals surface area contributed by atoms with Crippen LogP contribution in [0.2, 0.25) is 0 Å². The Morgan fingerprint density at radius 2 is 1.96 bits per heavy atom. The lowest BCUT2D eigenvalue weighted by molar-refractivity contribution is -0.118. The van der Waals surface area contributed by atoms with E-state index in [0.29, 0.717) is 22.2 Å². The fraction of sp³-hybridized carbons (Fsp3) is 0.150. The summed E-state index contributed by atoms with van der Waals surface area (Å²) in [5.41, 5.74) is 1.89. The molecule has 1 aromatic carbocycles. The third-order valence-electron chi connectivity index (χ3n) is 4.50. The smallest absolute Gasteiger partial charge is 0.275 e. The molecule has 136 valence electrons. The first kappa shape index (κ1) is 17.0. The summed E-state index contributed by atoms with van der Waals surface area (Å²) in [6.07, 6.45) is 3.26. The molecule has 0 saturated heterocycles. The van der Waals surface area contributed by atoms with Gasteiger partial charge in [0, 0.05) is 31.3 Å². The largest absolute Gasteiger partial charge is 0.506 e. The van der Waals surface area contributed by atoms with Crippen molar-refractivity contribution in [2.45, 2.75) is 19.4 Å². The van der Waals surface area contributed by atoms with E-state index in [0.717, 1.165) is 0 Å². The zero-order chi connectivity index (χ0) is 19.0. The minimum absolute atomic E-state index is 0.0340. The summed E-state index contributed by atoms with van der Waals surface area (Å²) < 4.78 is 16.9. The number of carbonyl (C=O) groups excluding carboxylic acids is 1. The normalized spacial score (nSPS) is 11.3. The van der Waals surface area contributed by atoms with Gasteiger partial charge in [-0.2, -0.15) is 0 Å². The molecule has 1 N–H and O–H groups in total. The van der Waals surface area contributed by atoms with Crippen LogP contribution in [0.1, 0.15) is 12.1 Å². The van der Waals surface area contributed by atoms with E-state index >= 15 is 0 Å². The molecule has 4 aromatic rings. The number of aromatic hydroxyl groups is 1. The number of carbonyl (C=O) groups is 1. The van der Waals surface area contributed by atoms with Gasteiger partial charge in [0.1, 0.15) is 22.9 Å². The fourth-order valence-electron chi connectivity index (χ4n) is 3.20. The number of rotatable bonds is 5. The fourth-order valence-corrected chi connectivity index (χ4v) is 3.20. The summed E-state index contributed by atoms with van der Waals surface area (Å²) in [6.45, 7) is 0.150. The molecule has 0 spiro atoms. The molecule has 0 aliphatic carbocycles. The van der Waals surface area contributed by atoms with Gasteiger partial charge in [-0.3, -0.25) is 14.6 Å². The van der Waals surface area contributed by atoms with Gasteiger partial charge in [-0.15, -0.1) is 0 Å². The molecule has 27 heavy (non-hydrogen) atoms. The van der Waals surface area contributed by atoms with Gasteiger partial charge in [0.2, 0.25) is 0 Å². The monoisotopic (exact) mass is 365 g/mol. The summed E-state index contributed by atoms with van der Waals surface area (Å²) in [7, 11) is 0. The van der Waals surface area contributed by atoms with Crippen molar-refractivity contribution in [3.05, 3.63) is 76.7 Å². The highest BCUT2D eigenvalue weighted by Crippen LogP contribution is 2.17. The molecule has 0 amide bonds. The van der Waals surface area contributed by atoms with Crippen LogP contribution in [0.25, 0.3) is 16.6 Å². The first-order chi connectivity index (χ1) is 13.0. The van der Waals surface area contributed by atoms with Crippen molar-refractivity contribution in [1.29, 1.82) is 0 Å². The molecular weight excluding hydrogens is 349 g/mol. The lowest BCUT2D eigenvalue weighted by Gasteiger charge is -2.12. The number of halogens is 1. The standard InChI is InChI=1S/C20H16FN3O3/c21-13-3-6-17-19(10-13)24(20(27)18-2-1-8-23(17)18)9-7-15(25)11-14-4-5-16(26)12-22-14/h1-6,8,10,12,26H,7,9,11H2.